The molecule has 0 aliphatic heterocycles. The minimum atomic E-state index is -0.730. The maximum atomic E-state index is 12.1. The van der Waals surface area contributed by atoms with Crippen LogP contribution < -0.4 is 4.74 Å². The lowest BCUT2D eigenvalue weighted by molar-refractivity contribution is -0.216. The minimum Gasteiger partial charge on any atom is -0.496 e. The molecule has 0 fully saturated rings. The zero-order chi connectivity index (χ0) is 16.0. The van der Waals surface area contributed by atoms with E-state index in [0.29, 0.717) is 24.2 Å². The fraction of sp³-hybridized carbons (Fsp3) is 0.467. The molecule has 0 aliphatic carbocycles. The molecular formula is C15H20O6. The molecule has 21 heavy (non-hydrogen) atoms. The van der Waals surface area contributed by atoms with Crippen molar-refractivity contribution in [2.24, 2.45) is 0 Å². The highest BCUT2D eigenvalue weighted by Gasteiger charge is 2.27. The lowest BCUT2D eigenvalue weighted by atomic mass is 9.91. The van der Waals surface area contributed by atoms with Crippen LogP contribution in [0.3, 0.4) is 0 Å². The number of carbonyl (C=O) groups excluding carboxylic acids is 2. The number of esters is 1. The first kappa shape index (κ1) is 17.0. The van der Waals surface area contributed by atoms with Crippen molar-refractivity contribution in [1.29, 1.82) is 0 Å². The van der Waals surface area contributed by atoms with E-state index >= 15 is 0 Å². The summed E-state index contributed by atoms with van der Waals surface area (Å²) in [7, 11) is 3.99. The highest BCUT2D eigenvalue weighted by molar-refractivity contribution is 6.04. The Morgan fingerprint density at radius 1 is 1.00 bits per heavy atom. The van der Waals surface area contributed by atoms with Gasteiger partial charge in [-0.1, -0.05) is 13.8 Å². The first-order valence-electron chi connectivity index (χ1n) is 6.61. The van der Waals surface area contributed by atoms with Gasteiger partial charge in [-0.25, -0.2) is 9.59 Å². The molecule has 6 nitrogen and oxygen atoms in total. The fourth-order valence-corrected chi connectivity index (χ4v) is 2.33. The van der Waals surface area contributed by atoms with E-state index < -0.39 is 11.9 Å². The van der Waals surface area contributed by atoms with Gasteiger partial charge in [-0.2, -0.15) is 4.89 Å². The van der Waals surface area contributed by atoms with Crippen LogP contribution in [0, 0.1) is 0 Å². The number of benzene rings is 1. The summed E-state index contributed by atoms with van der Waals surface area (Å²) >= 11 is 0. The van der Waals surface area contributed by atoms with Gasteiger partial charge in [0.15, 0.2) is 0 Å². The van der Waals surface area contributed by atoms with Gasteiger partial charge >= 0.3 is 11.9 Å². The Labute approximate surface area is 123 Å². The number of carbonyl (C=O) groups is 2. The van der Waals surface area contributed by atoms with Crippen molar-refractivity contribution in [3.63, 3.8) is 0 Å². The molecule has 0 saturated carbocycles. The molecule has 1 rings (SSSR count). The van der Waals surface area contributed by atoms with Crippen molar-refractivity contribution in [3.05, 3.63) is 28.3 Å². The molecule has 0 atom stereocenters. The van der Waals surface area contributed by atoms with Crippen molar-refractivity contribution in [2.75, 3.05) is 21.3 Å². The SMILES string of the molecule is CCc1c(OC)cc(C(=O)OC)c(C(=O)OOC)c1CC. The summed E-state index contributed by atoms with van der Waals surface area (Å²) in [6.07, 6.45) is 1.19. The van der Waals surface area contributed by atoms with Crippen LogP contribution in [0.4, 0.5) is 0 Å². The second-order valence-electron chi connectivity index (χ2n) is 4.19. The van der Waals surface area contributed by atoms with Crippen molar-refractivity contribution in [1.82, 2.24) is 0 Å². The van der Waals surface area contributed by atoms with Crippen LogP contribution in [0.15, 0.2) is 6.07 Å². The summed E-state index contributed by atoms with van der Waals surface area (Å²) < 4.78 is 10.1. The second-order valence-corrected chi connectivity index (χ2v) is 4.19. The van der Waals surface area contributed by atoms with E-state index in [1.54, 1.807) is 0 Å². The van der Waals surface area contributed by atoms with Crippen LogP contribution in [0.5, 0.6) is 5.75 Å². The number of methoxy groups -OCH3 is 2. The normalized spacial score (nSPS) is 10.1. The van der Waals surface area contributed by atoms with E-state index in [2.05, 4.69) is 9.78 Å². The Morgan fingerprint density at radius 3 is 2.05 bits per heavy atom. The lowest BCUT2D eigenvalue weighted by Gasteiger charge is -2.18. The molecule has 1 aromatic rings. The molecular weight excluding hydrogens is 276 g/mol. The van der Waals surface area contributed by atoms with E-state index in [1.165, 1.54) is 27.4 Å². The third kappa shape index (κ3) is 3.33. The van der Waals surface area contributed by atoms with E-state index in [9.17, 15) is 9.59 Å². The highest BCUT2D eigenvalue weighted by Crippen LogP contribution is 2.31. The van der Waals surface area contributed by atoms with Gasteiger partial charge in [-0.15, -0.1) is 0 Å². The predicted molar refractivity (Wildman–Crippen MR) is 75.5 cm³/mol. The van der Waals surface area contributed by atoms with E-state index in [4.69, 9.17) is 9.47 Å². The first-order chi connectivity index (χ1) is 10.0. The monoisotopic (exact) mass is 296 g/mol. The number of hydrogen-bond acceptors (Lipinski definition) is 6. The van der Waals surface area contributed by atoms with Crippen LogP contribution in [0.1, 0.15) is 45.7 Å². The van der Waals surface area contributed by atoms with Crippen LogP contribution >= 0.6 is 0 Å². The van der Waals surface area contributed by atoms with Crippen LogP contribution in [-0.2, 0) is 27.4 Å². The Morgan fingerprint density at radius 2 is 1.62 bits per heavy atom. The molecule has 0 bridgehead atoms. The molecule has 0 aromatic heterocycles. The topological polar surface area (TPSA) is 71.1 Å². The highest BCUT2D eigenvalue weighted by atomic mass is 17.2. The van der Waals surface area contributed by atoms with E-state index in [-0.39, 0.29) is 11.1 Å². The van der Waals surface area contributed by atoms with Gasteiger partial charge in [0.2, 0.25) is 0 Å². The Hall–Kier alpha value is -2.08. The van der Waals surface area contributed by atoms with Crippen LogP contribution in [-0.4, -0.2) is 33.3 Å². The minimum absolute atomic E-state index is 0.102. The summed E-state index contributed by atoms with van der Waals surface area (Å²) in [5.74, 6) is -0.815. The zero-order valence-electron chi connectivity index (χ0n) is 12.9. The van der Waals surface area contributed by atoms with Crippen molar-refractivity contribution < 1.29 is 28.8 Å². The van der Waals surface area contributed by atoms with Gasteiger partial charge < -0.3 is 9.47 Å². The third-order valence-corrected chi connectivity index (χ3v) is 3.20. The summed E-state index contributed by atoms with van der Waals surface area (Å²) in [6, 6.07) is 1.50. The summed E-state index contributed by atoms with van der Waals surface area (Å²) in [4.78, 5) is 33.1. The number of hydrogen-bond donors (Lipinski definition) is 0. The number of ether oxygens (including phenoxy) is 2. The summed E-state index contributed by atoms with van der Waals surface area (Å²) in [5, 5.41) is 0. The molecule has 6 heteroatoms. The van der Waals surface area contributed by atoms with Gasteiger partial charge in [-0.05, 0) is 30.0 Å². The van der Waals surface area contributed by atoms with Crippen molar-refractivity contribution in [2.45, 2.75) is 26.7 Å². The van der Waals surface area contributed by atoms with Crippen LogP contribution in [0.25, 0.3) is 0 Å². The zero-order valence-corrected chi connectivity index (χ0v) is 12.9. The fourth-order valence-electron chi connectivity index (χ4n) is 2.33. The largest absolute Gasteiger partial charge is 0.496 e. The molecule has 116 valence electrons. The Balaban J connectivity index is 3.68. The van der Waals surface area contributed by atoms with Crippen molar-refractivity contribution >= 4 is 11.9 Å². The maximum Gasteiger partial charge on any atom is 0.374 e. The van der Waals surface area contributed by atoms with Gasteiger partial charge in [-0.3, -0.25) is 4.89 Å². The predicted octanol–water partition coefficient (Wildman–Crippen LogP) is 2.32. The summed E-state index contributed by atoms with van der Waals surface area (Å²) in [6.45, 7) is 3.83. The van der Waals surface area contributed by atoms with Crippen molar-refractivity contribution in [3.8, 4) is 5.75 Å². The molecule has 0 amide bonds. The van der Waals surface area contributed by atoms with E-state index in [1.807, 2.05) is 13.8 Å². The Bertz CT molecular complexity index is 535. The smallest absolute Gasteiger partial charge is 0.374 e. The van der Waals surface area contributed by atoms with E-state index in [0.717, 1.165) is 5.56 Å². The Kier molecular flexibility index (Phi) is 6.17. The molecule has 0 spiro atoms. The average molecular weight is 296 g/mol. The molecule has 0 radical (unpaired) electrons. The van der Waals surface area contributed by atoms with Crippen LogP contribution in [0.2, 0.25) is 0 Å². The van der Waals surface area contributed by atoms with Gasteiger partial charge in [0.25, 0.3) is 0 Å². The maximum absolute atomic E-state index is 12.1. The molecule has 0 unspecified atom stereocenters. The first-order valence-corrected chi connectivity index (χ1v) is 6.61. The molecule has 1 aromatic carbocycles. The molecule has 0 saturated heterocycles. The second kappa shape index (κ2) is 7.64. The molecule has 0 heterocycles. The van der Waals surface area contributed by atoms with Gasteiger partial charge in [0, 0.05) is 0 Å². The quantitative estimate of drug-likeness (QED) is 0.456. The van der Waals surface area contributed by atoms with Gasteiger partial charge in [0.05, 0.1) is 32.5 Å². The standard InChI is InChI=1S/C15H20O6/c1-6-9-10(7-2)13(15(17)21-20-5)11(14(16)19-4)8-12(9)18-3/h8H,6-7H2,1-5H3. The third-order valence-electron chi connectivity index (χ3n) is 3.20. The average Bonchev–Trinajstić information content (AvgIpc) is 2.51. The van der Waals surface area contributed by atoms with Gasteiger partial charge in [0.1, 0.15) is 5.75 Å². The molecule has 0 aliphatic rings. The lowest BCUT2D eigenvalue weighted by Crippen LogP contribution is -2.17. The summed E-state index contributed by atoms with van der Waals surface area (Å²) in [5.41, 5.74) is 1.81. The number of rotatable bonds is 6. The molecule has 0 N–H and O–H groups in total.